The van der Waals surface area contributed by atoms with Crippen LogP contribution < -0.4 is 11.3 Å². The van der Waals surface area contributed by atoms with Gasteiger partial charge in [-0.05, 0) is 13.1 Å². The van der Waals surface area contributed by atoms with E-state index in [9.17, 15) is 4.79 Å². The van der Waals surface area contributed by atoms with Gasteiger partial charge in [-0.15, -0.1) is 0 Å². The number of nitrogens with zero attached hydrogens (tertiary/aromatic N) is 2. The van der Waals surface area contributed by atoms with Crippen LogP contribution in [0, 0.1) is 0 Å². The number of nitrogen functional groups attached to an aromatic ring is 1. The molecule has 1 aromatic carbocycles. The fraction of sp³-hybridized carbons (Fsp3) is 0.400. The van der Waals surface area contributed by atoms with Gasteiger partial charge in [0.2, 0.25) is 0 Å². The molecule has 3 N–H and O–H groups in total. The second-order valence-electron chi connectivity index (χ2n) is 5.45. The number of hydrogen-bond donors (Lipinski definition) is 2. The number of fused-ring (bicyclic) bond motifs is 1. The van der Waals surface area contributed by atoms with Gasteiger partial charge < -0.3 is 9.32 Å². The minimum atomic E-state index is -0.302. The zero-order valence-corrected chi connectivity index (χ0v) is 12.1. The number of furan rings is 1. The normalized spacial score (nSPS) is 17.2. The number of nitrogens with one attached hydrogen (secondary N) is 1. The molecule has 2 heterocycles. The predicted molar refractivity (Wildman–Crippen MR) is 80.6 cm³/mol. The van der Waals surface area contributed by atoms with Crippen LogP contribution in [0.25, 0.3) is 11.0 Å². The van der Waals surface area contributed by atoms with E-state index in [1.165, 1.54) is 0 Å². The Morgan fingerprint density at radius 2 is 2.00 bits per heavy atom. The third-order valence-corrected chi connectivity index (χ3v) is 3.99. The number of carbonyl (C=O) groups excluding carboxylic acids is 1. The number of benzene rings is 1. The van der Waals surface area contributed by atoms with Gasteiger partial charge in [-0.3, -0.25) is 15.1 Å². The highest BCUT2D eigenvalue weighted by molar-refractivity contribution is 6.07. The molecular formula is C15H20N4O2. The van der Waals surface area contributed by atoms with Crippen LogP contribution in [0.5, 0.6) is 0 Å². The summed E-state index contributed by atoms with van der Waals surface area (Å²) in [6, 6.07) is 7.55. The lowest BCUT2D eigenvalue weighted by molar-refractivity contribution is 0.0948. The van der Waals surface area contributed by atoms with Crippen molar-refractivity contribution in [3.63, 3.8) is 0 Å². The molecule has 1 amide bonds. The Morgan fingerprint density at radius 1 is 1.29 bits per heavy atom. The summed E-state index contributed by atoms with van der Waals surface area (Å²) in [6.07, 6.45) is 0. The van der Waals surface area contributed by atoms with E-state index in [4.69, 9.17) is 10.3 Å². The minimum absolute atomic E-state index is 0.302. The molecule has 2 aromatic rings. The molecule has 1 fully saturated rings. The summed E-state index contributed by atoms with van der Waals surface area (Å²) in [7, 11) is 2.12. The van der Waals surface area contributed by atoms with Gasteiger partial charge in [-0.1, -0.05) is 18.2 Å². The fourth-order valence-corrected chi connectivity index (χ4v) is 2.74. The molecule has 3 rings (SSSR count). The Labute approximate surface area is 123 Å². The topological polar surface area (TPSA) is 74.7 Å². The molecule has 0 aliphatic carbocycles. The maximum absolute atomic E-state index is 12.1. The second kappa shape index (κ2) is 5.85. The Kier molecular flexibility index (Phi) is 3.92. The molecule has 0 saturated carbocycles. The highest BCUT2D eigenvalue weighted by Gasteiger charge is 2.23. The SMILES string of the molecule is CN1CCN(Cc2oc3ccccc3c2C(=O)NN)CC1. The van der Waals surface area contributed by atoms with Gasteiger partial charge in [0, 0.05) is 31.6 Å². The van der Waals surface area contributed by atoms with E-state index in [-0.39, 0.29) is 5.91 Å². The first-order chi connectivity index (χ1) is 10.2. The number of hydrazine groups is 1. The van der Waals surface area contributed by atoms with Crippen LogP contribution in [0.4, 0.5) is 0 Å². The van der Waals surface area contributed by atoms with Crippen molar-refractivity contribution < 1.29 is 9.21 Å². The van der Waals surface area contributed by atoms with Crippen LogP contribution in [-0.2, 0) is 6.54 Å². The number of piperazine rings is 1. The van der Waals surface area contributed by atoms with Crippen molar-refractivity contribution in [1.82, 2.24) is 15.2 Å². The van der Waals surface area contributed by atoms with Crippen LogP contribution in [-0.4, -0.2) is 48.9 Å². The number of amides is 1. The molecule has 0 unspecified atom stereocenters. The van der Waals surface area contributed by atoms with Crippen LogP contribution in [0.1, 0.15) is 16.1 Å². The van der Waals surface area contributed by atoms with Crippen molar-refractivity contribution in [3.8, 4) is 0 Å². The zero-order valence-electron chi connectivity index (χ0n) is 12.1. The van der Waals surface area contributed by atoms with Crippen molar-refractivity contribution in [3.05, 3.63) is 35.6 Å². The number of likely N-dealkylation sites (N-methyl/N-ethyl adjacent to an activating group) is 1. The Morgan fingerprint density at radius 3 is 2.71 bits per heavy atom. The van der Waals surface area contributed by atoms with Gasteiger partial charge in [0.05, 0.1) is 12.1 Å². The molecule has 21 heavy (non-hydrogen) atoms. The number of carbonyl (C=O) groups is 1. The first-order valence-corrected chi connectivity index (χ1v) is 7.11. The molecule has 1 aromatic heterocycles. The average Bonchev–Trinajstić information content (AvgIpc) is 2.86. The van der Waals surface area contributed by atoms with E-state index < -0.39 is 0 Å². The van der Waals surface area contributed by atoms with Crippen molar-refractivity contribution in [1.29, 1.82) is 0 Å². The average molecular weight is 288 g/mol. The van der Waals surface area contributed by atoms with Gasteiger partial charge in [0.25, 0.3) is 5.91 Å². The summed E-state index contributed by atoms with van der Waals surface area (Å²) < 4.78 is 5.88. The predicted octanol–water partition coefficient (Wildman–Crippen LogP) is 0.784. The Hall–Kier alpha value is -1.89. The summed E-state index contributed by atoms with van der Waals surface area (Å²) in [5.41, 5.74) is 3.49. The first-order valence-electron chi connectivity index (χ1n) is 7.11. The van der Waals surface area contributed by atoms with Gasteiger partial charge in [-0.2, -0.15) is 0 Å². The smallest absolute Gasteiger partial charge is 0.269 e. The molecule has 1 saturated heterocycles. The fourth-order valence-electron chi connectivity index (χ4n) is 2.74. The number of rotatable bonds is 3. The van der Waals surface area contributed by atoms with Crippen molar-refractivity contribution >= 4 is 16.9 Å². The van der Waals surface area contributed by atoms with Crippen LogP contribution in [0.2, 0.25) is 0 Å². The molecule has 6 nitrogen and oxygen atoms in total. The van der Waals surface area contributed by atoms with E-state index in [2.05, 4.69) is 22.3 Å². The molecule has 0 atom stereocenters. The van der Waals surface area contributed by atoms with Gasteiger partial charge >= 0.3 is 0 Å². The molecule has 1 aliphatic heterocycles. The lowest BCUT2D eigenvalue weighted by atomic mass is 10.1. The number of para-hydroxylation sites is 1. The molecule has 1 aliphatic rings. The molecule has 112 valence electrons. The number of hydrogen-bond acceptors (Lipinski definition) is 5. The summed E-state index contributed by atoms with van der Waals surface area (Å²) in [6.45, 7) is 4.62. The molecule has 0 spiro atoms. The van der Waals surface area contributed by atoms with E-state index in [1.54, 1.807) is 0 Å². The Balaban J connectivity index is 1.92. The van der Waals surface area contributed by atoms with Crippen molar-refractivity contribution in [2.45, 2.75) is 6.54 Å². The Bertz CT molecular complexity index is 644. The second-order valence-corrected chi connectivity index (χ2v) is 5.45. The van der Waals surface area contributed by atoms with Crippen LogP contribution in [0.15, 0.2) is 28.7 Å². The van der Waals surface area contributed by atoms with Crippen LogP contribution >= 0.6 is 0 Å². The number of nitrogens with two attached hydrogens (primary N) is 1. The quantitative estimate of drug-likeness (QED) is 0.496. The lowest BCUT2D eigenvalue weighted by Crippen LogP contribution is -2.44. The summed E-state index contributed by atoms with van der Waals surface area (Å²) in [5.74, 6) is 5.70. The van der Waals surface area contributed by atoms with E-state index in [0.717, 1.165) is 37.1 Å². The molecule has 0 bridgehead atoms. The first kappa shape index (κ1) is 14.1. The molecule has 0 radical (unpaired) electrons. The van der Waals surface area contributed by atoms with E-state index in [1.807, 2.05) is 24.3 Å². The highest BCUT2D eigenvalue weighted by atomic mass is 16.3. The van der Waals surface area contributed by atoms with Crippen LogP contribution in [0.3, 0.4) is 0 Å². The van der Waals surface area contributed by atoms with Crippen molar-refractivity contribution in [2.75, 3.05) is 33.2 Å². The summed E-state index contributed by atoms with van der Waals surface area (Å²) >= 11 is 0. The third kappa shape index (κ3) is 2.78. The van der Waals surface area contributed by atoms with Crippen molar-refractivity contribution in [2.24, 2.45) is 5.84 Å². The summed E-state index contributed by atoms with van der Waals surface area (Å²) in [4.78, 5) is 16.7. The lowest BCUT2D eigenvalue weighted by Gasteiger charge is -2.31. The minimum Gasteiger partial charge on any atom is -0.459 e. The van der Waals surface area contributed by atoms with Gasteiger partial charge in [-0.25, -0.2) is 5.84 Å². The molecule has 6 heteroatoms. The van der Waals surface area contributed by atoms with E-state index >= 15 is 0 Å². The monoisotopic (exact) mass is 288 g/mol. The summed E-state index contributed by atoms with van der Waals surface area (Å²) in [5, 5.41) is 0.810. The maximum Gasteiger partial charge on any atom is 0.269 e. The van der Waals surface area contributed by atoms with E-state index in [0.29, 0.717) is 17.9 Å². The largest absolute Gasteiger partial charge is 0.459 e. The zero-order chi connectivity index (χ0) is 14.8. The standard InChI is InChI=1S/C15H20N4O2/c1-18-6-8-19(9-7-18)10-13-14(15(20)17-16)11-4-2-3-5-12(11)21-13/h2-5H,6-10,16H2,1H3,(H,17,20). The maximum atomic E-state index is 12.1. The van der Waals surface area contributed by atoms with Gasteiger partial charge in [0.1, 0.15) is 11.3 Å². The highest BCUT2D eigenvalue weighted by Crippen LogP contribution is 2.27. The molecular weight excluding hydrogens is 268 g/mol. The third-order valence-electron chi connectivity index (χ3n) is 3.99. The van der Waals surface area contributed by atoms with Gasteiger partial charge in [0.15, 0.2) is 0 Å².